The zero-order valence-corrected chi connectivity index (χ0v) is 23.2. The van der Waals surface area contributed by atoms with E-state index in [1.807, 2.05) is 36.4 Å². The maximum atomic E-state index is 6.65. The van der Waals surface area contributed by atoms with Crippen LogP contribution in [0.3, 0.4) is 0 Å². The number of ether oxygens (including phenoxy) is 1. The molecule has 0 aliphatic rings. The number of furan rings is 1. The molecular formula is C39H26N2O2. The summed E-state index contributed by atoms with van der Waals surface area (Å²) in [5.74, 6) is 0.654. The Morgan fingerprint density at radius 3 is 2.12 bits per heavy atom. The van der Waals surface area contributed by atoms with E-state index in [1.165, 1.54) is 38.0 Å². The Hall–Kier alpha value is -5.74. The van der Waals surface area contributed by atoms with Gasteiger partial charge >= 0.3 is 0 Å². The third-order valence-corrected chi connectivity index (χ3v) is 8.70. The highest BCUT2D eigenvalue weighted by atomic mass is 16.5. The molecule has 0 bridgehead atoms. The summed E-state index contributed by atoms with van der Waals surface area (Å²) < 4.78 is 14.8. The van der Waals surface area contributed by atoms with Crippen molar-refractivity contribution in [2.45, 2.75) is 6.61 Å². The number of aromatic nitrogens is 1. The van der Waals surface area contributed by atoms with Crippen LogP contribution in [0.25, 0.3) is 71.0 Å². The van der Waals surface area contributed by atoms with Gasteiger partial charge in [0.15, 0.2) is 0 Å². The highest BCUT2D eigenvalue weighted by Crippen LogP contribution is 2.40. The standard InChI is InChI=1S/C39H26N2O2/c40-39-37(20-19-36-38(39)30-14-6-8-16-35(30)43-36)42-23-26-17-18-33(28-12-4-3-11-27(26)28)41-32-15-7-5-13-29(32)31-21-24-9-1-2-10-25(24)22-34(31)41/h1-22H,23,40H2. The molecule has 2 heterocycles. The Morgan fingerprint density at radius 2 is 1.26 bits per heavy atom. The van der Waals surface area contributed by atoms with Crippen LogP contribution in [0, 0.1) is 0 Å². The fourth-order valence-electron chi connectivity index (χ4n) is 6.69. The molecule has 2 N–H and O–H groups in total. The molecule has 0 saturated carbocycles. The molecule has 0 spiro atoms. The molecule has 0 aliphatic carbocycles. The maximum Gasteiger partial charge on any atom is 0.143 e. The molecule has 0 radical (unpaired) electrons. The van der Waals surface area contributed by atoms with E-state index in [9.17, 15) is 0 Å². The maximum absolute atomic E-state index is 6.65. The molecule has 0 saturated heterocycles. The van der Waals surface area contributed by atoms with Gasteiger partial charge in [0.1, 0.15) is 23.5 Å². The lowest BCUT2D eigenvalue weighted by Crippen LogP contribution is -2.02. The van der Waals surface area contributed by atoms with Crippen LogP contribution < -0.4 is 10.5 Å². The Kier molecular flexibility index (Phi) is 5.08. The van der Waals surface area contributed by atoms with Crippen molar-refractivity contribution in [1.29, 1.82) is 0 Å². The number of rotatable bonds is 4. The Morgan fingerprint density at radius 1 is 0.558 bits per heavy atom. The fraction of sp³-hybridized carbons (Fsp3) is 0.0256. The minimum atomic E-state index is 0.393. The zero-order chi connectivity index (χ0) is 28.5. The van der Waals surface area contributed by atoms with Gasteiger partial charge in [-0.2, -0.15) is 0 Å². The van der Waals surface area contributed by atoms with Crippen LogP contribution in [-0.4, -0.2) is 4.57 Å². The minimum absolute atomic E-state index is 0.393. The number of hydrogen-bond acceptors (Lipinski definition) is 3. The third kappa shape index (κ3) is 3.57. The van der Waals surface area contributed by atoms with Crippen molar-refractivity contribution in [2.24, 2.45) is 0 Å². The smallest absolute Gasteiger partial charge is 0.143 e. The molecule has 0 amide bonds. The first-order chi connectivity index (χ1) is 21.2. The van der Waals surface area contributed by atoms with Crippen molar-refractivity contribution in [3.63, 3.8) is 0 Å². The van der Waals surface area contributed by atoms with E-state index in [4.69, 9.17) is 14.9 Å². The van der Waals surface area contributed by atoms with E-state index in [1.54, 1.807) is 0 Å². The minimum Gasteiger partial charge on any atom is -0.487 e. The second kappa shape index (κ2) is 9.13. The van der Waals surface area contributed by atoms with Crippen LogP contribution in [0.5, 0.6) is 5.75 Å². The predicted molar refractivity (Wildman–Crippen MR) is 178 cm³/mol. The topological polar surface area (TPSA) is 53.3 Å². The van der Waals surface area contributed by atoms with Gasteiger partial charge in [-0.05, 0) is 64.2 Å². The van der Waals surface area contributed by atoms with Crippen molar-refractivity contribution in [3.05, 3.63) is 139 Å². The largest absolute Gasteiger partial charge is 0.487 e. The molecule has 2 aromatic heterocycles. The molecule has 204 valence electrons. The average molecular weight is 555 g/mol. The first-order valence-electron chi connectivity index (χ1n) is 14.5. The number of benzene rings is 7. The van der Waals surface area contributed by atoms with Gasteiger partial charge in [-0.3, -0.25) is 0 Å². The van der Waals surface area contributed by atoms with E-state index in [2.05, 4.69) is 102 Å². The predicted octanol–water partition coefficient (Wildman–Crippen LogP) is 10.2. The first kappa shape index (κ1) is 23.9. The molecule has 4 heteroatoms. The van der Waals surface area contributed by atoms with E-state index >= 15 is 0 Å². The summed E-state index contributed by atoms with van der Waals surface area (Å²) in [6.07, 6.45) is 0. The number of hydrogen-bond donors (Lipinski definition) is 1. The Balaban J connectivity index is 1.18. The third-order valence-electron chi connectivity index (χ3n) is 8.70. The molecule has 9 aromatic rings. The lowest BCUT2D eigenvalue weighted by atomic mass is 10.0. The fourth-order valence-corrected chi connectivity index (χ4v) is 6.69. The van der Waals surface area contributed by atoms with Gasteiger partial charge in [0, 0.05) is 21.5 Å². The van der Waals surface area contributed by atoms with Crippen molar-refractivity contribution in [3.8, 4) is 11.4 Å². The molecule has 0 fully saturated rings. The number of anilines is 1. The molecule has 9 rings (SSSR count). The van der Waals surface area contributed by atoms with Crippen LogP contribution in [0.1, 0.15) is 5.56 Å². The molecule has 0 unspecified atom stereocenters. The summed E-state index contributed by atoms with van der Waals surface area (Å²) in [6.45, 7) is 0.393. The number of fused-ring (bicyclic) bond motifs is 8. The second-order valence-electron chi connectivity index (χ2n) is 11.1. The van der Waals surface area contributed by atoms with Gasteiger partial charge in [-0.25, -0.2) is 0 Å². The van der Waals surface area contributed by atoms with E-state index < -0.39 is 0 Å². The van der Waals surface area contributed by atoms with Gasteiger partial charge in [-0.15, -0.1) is 0 Å². The number of nitrogens with zero attached hydrogens (tertiary/aromatic N) is 1. The lowest BCUT2D eigenvalue weighted by molar-refractivity contribution is 0.310. The van der Waals surface area contributed by atoms with E-state index in [0.717, 1.165) is 38.6 Å². The molecule has 43 heavy (non-hydrogen) atoms. The zero-order valence-electron chi connectivity index (χ0n) is 23.2. The quantitative estimate of drug-likeness (QED) is 0.220. The van der Waals surface area contributed by atoms with Crippen LogP contribution in [0.4, 0.5) is 5.69 Å². The highest BCUT2D eigenvalue weighted by Gasteiger charge is 2.17. The van der Waals surface area contributed by atoms with Crippen LogP contribution >= 0.6 is 0 Å². The molecule has 0 atom stereocenters. The van der Waals surface area contributed by atoms with Gasteiger partial charge in [-0.1, -0.05) is 91.0 Å². The summed E-state index contributed by atoms with van der Waals surface area (Å²) in [7, 11) is 0. The highest BCUT2D eigenvalue weighted by molar-refractivity contribution is 6.15. The SMILES string of the molecule is Nc1c(OCc2ccc(-n3c4ccccc4c4cc5ccccc5cc43)c3ccccc23)ccc2oc3ccccc3c12. The van der Waals surface area contributed by atoms with Crippen LogP contribution in [-0.2, 0) is 6.61 Å². The monoisotopic (exact) mass is 554 g/mol. The van der Waals surface area contributed by atoms with E-state index in [-0.39, 0.29) is 0 Å². The Bertz CT molecular complexity index is 2540. The normalized spacial score (nSPS) is 11.9. The van der Waals surface area contributed by atoms with Crippen LogP contribution in [0.15, 0.2) is 138 Å². The summed E-state index contributed by atoms with van der Waals surface area (Å²) in [5, 5.41) is 9.19. The van der Waals surface area contributed by atoms with Crippen molar-refractivity contribution in [2.75, 3.05) is 5.73 Å². The molecule has 4 nitrogen and oxygen atoms in total. The van der Waals surface area contributed by atoms with Crippen LogP contribution in [0.2, 0.25) is 0 Å². The van der Waals surface area contributed by atoms with Crippen molar-refractivity contribution < 1.29 is 9.15 Å². The van der Waals surface area contributed by atoms with Crippen molar-refractivity contribution in [1.82, 2.24) is 4.57 Å². The summed E-state index contributed by atoms with van der Waals surface area (Å²) in [4.78, 5) is 0. The Labute approximate surface area is 247 Å². The van der Waals surface area contributed by atoms with Crippen molar-refractivity contribution >= 4 is 71.0 Å². The summed E-state index contributed by atoms with van der Waals surface area (Å²) in [6, 6.07) is 46.7. The number of nitrogens with two attached hydrogens (primary N) is 1. The molecule has 7 aromatic carbocycles. The molecular weight excluding hydrogens is 528 g/mol. The summed E-state index contributed by atoms with van der Waals surface area (Å²) >= 11 is 0. The molecule has 0 aliphatic heterocycles. The van der Waals surface area contributed by atoms with Gasteiger partial charge in [0.05, 0.1) is 27.8 Å². The number of nitrogen functional groups attached to an aromatic ring is 1. The van der Waals surface area contributed by atoms with Gasteiger partial charge in [0.25, 0.3) is 0 Å². The van der Waals surface area contributed by atoms with Gasteiger partial charge < -0.3 is 19.5 Å². The lowest BCUT2D eigenvalue weighted by Gasteiger charge is -2.16. The first-order valence-corrected chi connectivity index (χ1v) is 14.5. The van der Waals surface area contributed by atoms with Gasteiger partial charge in [0.2, 0.25) is 0 Å². The average Bonchev–Trinajstić information content (AvgIpc) is 3.59. The van der Waals surface area contributed by atoms with E-state index in [0.29, 0.717) is 18.0 Å². The summed E-state index contributed by atoms with van der Waals surface area (Å²) in [5.41, 5.74) is 13.5. The number of para-hydroxylation sites is 2. The second-order valence-corrected chi connectivity index (χ2v) is 11.1.